The van der Waals surface area contributed by atoms with Crippen molar-refractivity contribution in [3.63, 3.8) is 0 Å². The SMILES string of the molecule is C[C@@H]1CN(CCNS(=O)(=O)c2ccc(C3(C)OCCO3)cc2)C[C@H](C)O1. The van der Waals surface area contributed by atoms with E-state index >= 15 is 0 Å². The van der Waals surface area contributed by atoms with Crippen LogP contribution in [0.25, 0.3) is 0 Å². The summed E-state index contributed by atoms with van der Waals surface area (Å²) in [5, 5.41) is 0. The Balaban J connectivity index is 1.56. The highest BCUT2D eigenvalue weighted by Gasteiger charge is 2.33. The molecule has 2 aliphatic heterocycles. The van der Waals surface area contributed by atoms with Gasteiger partial charge in [0, 0.05) is 31.7 Å². The summed E-state index contributed by atoms with van der Waals surface area (Å²) in [6.45, 7) is 9.65. The van der Waals surface area contributed by atoms with E-state index in [1.54, 1.807) is 24.3 Å². The fourth-order valence-electron chi connectivity index (χ4n) is 3.51. The minimum atomic E-state index is -3.54. The van der Waals surface area contributed by atoms with Crippen molar-refractivity contribution < 1.29 is 22.6 Å². The predicted octanol–water partition coefficient (Wildman–Crippen LogP) is 1.29. The zero-order chi connectivity index (χ0) is 18.8. The lowest BCUT2D eigenvalue weighted by molar-refractivity contribution is -0.149. The zero-order valence-corrected chi connectivity index (χ0v) is 16.4. The van der Waals surface area contributed by atoms with Crippen molar-refractivity contribution in [1.82, 2.24) is 9.62 Å². The first-order valence-corrected chi connectivity index (χ1v) is 10.5. The fourth-order valence-corrected chi connectivity index (χ4v) is 4.53. The van der Waals surface area contributed by atoms with E-state index < -0.39 is 15.8 Å². The maximum absolute atomic E-state index is 12.5. The smallest absolute Gasteiger partial charge is 0.240 e. The topological polar surface area (TPSA) is 77.1 Å². The predicted molar refractivity (Wildman–Crippen MR) is 97.3 cm³/mol. The van der Waals surface area contributed by atoms with Gasteiger partial charge in [0.15, 0.2) is 5.79 Å². The number of benzene rings is 1. The van der Waals surface area contributed by atoms with Crippen LogP contribution in [0.4, 0.5) is 0 Å². The highest BCUT2D eigenvalue weighted by atomic mass is 32.2. The molecule has 0 aromatic heterocycles. The molecule has 0 saturated carbocycles. The monoisotopic (exact) mass is 384 g/mol. The van der Waals surface area contributed by atoms with Crippen LogP contribution in [-0.2, 0) is 30.0 Å². The Kier molecular flexibility index (Phi) is 6.01. The average Bonchev–Trinajstić information content (AvgIpc) is 3.02. The molecule has 2 saturated heterocycles. The minimum absolute atomic E-state index is 0.171. The van der Waals surface area contributed by atoms with Crippen LogP contribution in [0, 0.1) is 0 Å². The third-order valence-corrected chi connectivity index (χ3v) is 6.22. The van der Waals surface area contributed by atoms with Crippen LogP contribution < -0.4 is 4.72 Å². The molecule has 1 aromatic rings. The summed E-state index contributed by atoms with van der Waals surface area (Å²) in [5.74, 6) is -0.792. The molecule has 0 unspecified atom stereocenters. The molecule has 1 N–H and O–H groups in total. The first kappa shape index (κ1) is 19.7. The Morgan fingerprint density at radius 3 is 2.27 bits per heavy atom. The maximum atomic E-state index is 12.5. The first-order valence-electron chi connectivity index (χ1n) is 9.04. The van der Waals surface area contributed by atoms with Crippen molar-refractivity contribution in [3.05, 3.63) is 29.8 Å². The van der Waals surface area contributed by atoms with E-state index in [0.29, 0.717) is 26.3 Å². The first-order chi connectivity index (χ1) is 12.3. The molecule has 0 bridgehead atoms. The molecule has 146 valence electrons. The number of rotatable bonds is 6. The van der Waals surface area contributed by atoms with Crippen molar-refractivity contribution in [2.75, 3.05) is 39.4 Å². The van der Waals surface area contributed by atoms with E-state index in [-0.39, 0.29) is 17.1 Å². The quantitative estimate of drug-likeness (QED) is 0.797. The van der Waals surface area contributed by atoms with E-state index in [1.165, 1.54) is 0 Å². The van der Waals surface area contributed by atoms with Crippen LogP contribution in [-0.4, -0.2) is 64.9 Å². The van der Waals surface area contributed by atoms with Gasteiger partial charge in [-0.1, -0.05) is 12.1 Å². The van der Waals surface area contributed by atoms with Crippen molar-refractivity contribution in [1.29, 1.82) is 0 Å². The third-order valence-electron chi connectivity index (χ3n) is 4.74. The van der Waals surface area contributed by atoms with Gasteiger partial charge in [-0.3, -0.25) is 4.90 Å². The number of nitrogens with one attached hydrogen (secondary N) is 1. The summed E-state index contributed by atoms with van der Waals surface area (Å²) < 4.78 is 44.6. The Bertz CT molecular complexity index is 691. The van der Waals surface area contributed by atoms with Crippen LogP contribution >= 0.6 is 0 Å². The number of nitrogens with zero attached hydrogens (tertiary/aromatic N) is 1. The molecule has 3 rings (SSSR count). The largest absolute Gasteiger partial charge is 0.373 e. The van der Waals surface area contributed by atoms with Gasteiger partial charge in [0.25, 0.3) is 0 Å². The average molecular weight is 384 g/mol. The molecular weight excluding hydrogens is 356 g/mol. The molecule has 0 amide bonds. The molecule has 0 spiro atoms. The maximum Gasteiger partial charge on any atom is 0.240 e. The summed E-state index contributed by atoms with van der Waals surface area (Å²) >= 11 is 0. The van der Waals surface area contributed by atoms with Crippen LogP contribution in [0.3, 0.4) is 0 Å². The lowest BCUT2D eigenvalue weighted by atomic mass is 10.1. The minimum Gasteiger partial charge on any atom is -0.373 e. The lowest BCUT2D eigenvalue weighted by Crippen LogP contribution is -2.47. The Labute approximate surface area is 155 Å². The van der Waals surface area contributed by atoms with Crippen LogP contribution in [0.15, 0.2) is 29.2 Å². The molecule has 7 nitrogen and oxygen atoms in total. The molecule has 2 heterocycles. The van der Waals surface area contributed by atoms with Crippen molar-refractivity contribution >= 4 is 10.0 Å². The van der Waals surface area contributed by atoms with Gasteiger partial charge in [-0.2, -0.15) is 0 Å². The van der Waals surface area contributed by atoms with Crippen LogP contribution in [0.1, 0.15) is 26.3 Å². The summed E-state index contributed by atoms with van der Waals surface area (Å²) in [6, 6.07) is 6.66. The Morgan fingerprint density at radius 1 is 1.12 bits per heavy atom. The molecule has 2 fully saturated rings. The fraction of sp³-hybridized carbons (Fsp3) is 0.667. The van der Waals surface area contributed by atoms with Gasteiger partial charge in [0.1, 0.15) is 0 Å². The number of hydrogen-bond acceptors (Lipinski definition) is 6. The highest BCUT2D eigenvalue weighted by Crippen LogP contribution is 2.31. The number of ether oxygens (including phenoxy) is 3. The summed E-state index contributed by atoms with van der Waals surface area (Å²) in [4.78, 5) is 2.46. The second kappa shape index (κ2) is 7.92. The molecule has 8 heteroatoms. The second-order valence-corrected chi connectivity index (χ2v) is 8.85. The molecule has 0 radical (unpaired) electrons. The third kappa shape index (κ3) is 4.62. The molecule has 1 aromatic carbocycles. The van der Waals surface area contributed by atoms with Crippen molar-refractivity contribution in [2.45, 2.75) is 43.7 Å². The van der Waals surface area contributed by atoms with E-state index in [2.05, 4.69) is 9.62 Å². The van der Waals surface area contributed by atoms with E-state index in [9.17, 15) is 8.42 Å². The summed E-state index contributed by atoms with van der Waals surface area (Å²) in [7, 11) is -3.54. The molecule has 2 atom stereocenters. The van der Waals surface area contributed by atoms with Gasteiger partial charge in [-0.25, -0.2) is 13.1 Å². The van der Waals surface area contributed by atoms with Gasteiger partial charge >= 0.3 is 0 Å². The van der Waals surface area contributed by atoms with Gasteiger partial charge in [0.2, 0.25) is 10.0 Å². The Morgan fingerprint density at radius 2 is 1.69 bits per heavy atom. The van der Waals surface area contributed by atoms with Gasteiger partial charge < -0.3 is 14.2 Å². The molecular formula is C18H28N2O5S. The van der Waals surface area contributed by atoms with Gasteiger partial charge in [-0.05, 0) is 32.9 Å². The van der Waals surface area contributed by atoms with Gasteiger partial charge in [0.05, 0.1) is 30.3 Å². The Hall–Kier alpha value is -1.03. The van der Waals surface area contributed by atoms with E-state index in [0.717, 1.165) is 18.7 Å². The zero-order valence-electron chi connectivity index (χ0n) is 15.6. The second-order valence-electron chi connectivity index (χ2n) is 7.08. The molecule has 0 aliphatic carbocycles. The van der Waals surface area contributed by atoms with Crippen molar-refractivity contribution in [3.8, 4) is 0 Å². The molecule has 26 heavy (non-hydrogen) atoms. The van der Waals surface area contributed by atoms with E-state index in [1.807, 2.05) is 20.8 Å². The standard InChI is InChI=1S/C18H28N2O5S/c1-14-12-20(13-15(2)25-14)9-8-19-26(21,22)17-6-4-16(5-7-17)18(3)23-10-11-24-18/h4-7,14-15,19H,8-13H2,1-3H3/t14-,15+. The summed E-state index contributed by atoms with van der Waals surface area (Å²) in [6.07, 6.45) is 0.341. The van der Waals surface area contributed by atoms with Crippen molar-refractivity contribution in [2.24, 2.45) is 0 Å². The van der Waals surface area contributed by atoms with Crippen LogP contribution in [0.2, 0.25) is 0 Å². The normalized spacial score (nSPS) is 26.9. The lowest BCUT2D eigenvalue weighted by Gasteiger charge is -2.35. The number of morpholine rings is 1. The van der Waals surface area contributed by atoms with Gasteiger partial charge in [-0.15, -0.1) is 0 Å². The number of hydrogen-bond donors (Lipinski definition) is 1. The summed E-state index contributed by atoms with van der Waals surface area (Å²) in [5.41, 5.74) is 0.810. The van der Waals surface area contributed by atoms with Crippen LogP contribution in [0.5, 0.6) is 0 Å². The number of sulfonamides is 1. The highest BCUT2D eigenvalue weighted by molar-refractivity contribution is 7.89. The van der Waals surface area contributed by atoms with E-state index in [4.69, 9.17) is 14.2 Å². The molecule has 2 aliphatic rings.